The van der Waals surface area contributed by atoms with Crippen molar-refractivity contribution in [2.24, 2.45) is 23.7 Å². The number of piperidine rings is 1. The molecule has 3 heterocycles. The van der Waals surface area contributed by atoms with Crippen molar-refractivity contribution < 1.29 is 33.4 Å². The van der Waals surface area contributed by atoms with E-state index in [4.69, 9.17) is 16.3 Å². The SMILES string of the molecule is COc1cc([C@H]2C3=CC[C@@H]4C(=O)N(C5CCN(Cc6ccccc6)CC5)C(=O)[C@@H]4[C@@H]3C[C@H]3C(=O)N(Nc4ccc(F)cc4)C(=O)[C@@]23c2ccc(Cl)cc2)ccc1O. The summed E-state index contributed by atoms with van der Waals surface area (Å²) in [5.41, 5.74) is 4.93. The number of allylic oxidation sites excluding steroid dienone is 2. The van der Waals surface area contributed by atoms with E-state index >= 15 is 4.79 Å². The number of phenols is 1. The molecule has 10 nitrogen and oxygen atoms in total. The van der Waals surface area contributed by atoms with Crippen LogP contribution < -0.4 is 10.2 Å². The van der Waals surface area contributed by atoms with E-state index in [-0.39, 0.29) is 35.8 Å². The van der Waals surface area contributed by atoms with Gasteiger partial charge in [0, 0.05) is 36.6 Å². The summed E-state index contributed by atoms with van der Waals surface area (Å²) in [5.74, 6) is -5.46. The first-order chi connectivity index (χ1) is 27.6. The maximum atomic E-state index is 15.3. The van der Waals surface area contributed by atoms with Gasteiger partial charge < -0.3 is 9.84 Å². The molecule has 4 aromatic rings. The molecule has 5 aliphatic rings. The van der Waals surface area contributed by atoms with E-state index in [1.807, 2.05) is 24.3 Å². The van der Waals surface area contributed by atoms with Crippen LogP contribution in [0.2, 0.25) is 5.02 Å². The highest BCUT2D eigenvalue weighted by atomic mass is 35.5. The monoisotopic (exact) mass is 788 g/mol. The Balaban J connectivity index is 1.12. The second-order valence-electron chi connectivity index (χ2n) is 15.8. The lowest BCUT2D eigenvalue weighted by Gasteiger charge is -2.50. The van der Waals surface area contributed by atoms with Crippen LogP contribution in [0.3, 0.4) is 0 Å². The van der Waals surface area contributed by atoms with Gasteiger partial charge in [-0.3, -0.25) is 34.4 Å². The van der Waals surface area contributed by atoms with Gasteiger partial charge in [-0.2, -0.15) is 5.01 Å². The normalized spacial score (nSPS) is 27.6. The Labute approximate surface area is 334 Å². The summed E-state index contributed by atoms with van der Waals surface area (Å²) in [7, 11) is 1.44. The third-order valence-electron chi connectivity index (χ3n) is 13.0. The van der Waals surface area contributed by atoms with Crippen molar-refractivity contribution >= 4 is 40.9 Å². The summed E-state index contributed by atoms with van der Waals surface area (Å²) in [6, 6.07) is 27.2. The maximum absolute atomic E-state index is 15.3. The molecule has 3 aliphatic heterocycles. The number of methoxy groups -OCH3 is 1. The van der Waals surface area contributed by atoms with Crippen molar-refractivity contribution in [3.05, 3.63) is 136 Å². The van der Waals surface area contributed by atoms with Crippen LogP contribution >= 0.6 is 11.6 Å². The van der Waals surface area contributed by atoms with Crippen molar-refractivity contribution in [3.8, 4) is 11.5 Å². The molecular weight excluding hydrogens is 747 g/mol. The number of ether oxygens (including phenoxy) is 1. The number of amides is 4. The fourth-order valence-electron chi connectivity index (χ4n) is 10.5. The van der Waals surface area contributed by atoms with Crippen molar-refractivity contribution in [2.75, 3.05) is 25.6 Å². The molecule has 6 atom stereocenters. The van der Waals surface area contributed by atoms with Crippen molar-refractivity contribution in [2.45, 2.75) is 49.6 Å². The van der Waals surface area contributed by atoms with E-state index in [0.717, 1.165) is 30.2 Å². The van der Waals surface area contributed by atoms with Gasteiger partial charge in [0.25, 0.3) is 11.8 Å². The zero-order chi connectivity index (χ0) is 39.6. The highest BCUT2D eigenvalue weighted by Gasteiger charge is 2.70. The van der Waals surface area contributed by atoms with Crippen LogP contribution in [0.1, 0.15) is 48.3 Å². The number of rotatable bonds is 8. The number of aromatic hydroxyl groups is 1. The summed E-state index contributed by atoms with van der Waals surface area (Å²) < 4.78 is 19.5. The van der Waals surface area contributed by atoms with Crippen molar-refractivity contribution in [1.29, 1.82) is 0 Å². The molecule has 4 aromatic carbocycles. The van der Waals surface area contributed by atoms with Gasteiger partial charge in [-0.25, -0.2) is 4.39 Å². The van der Waals surface area contributed by atoms with E-state index in [1.54, 1.807) is 36.4 Å². The summed E-state index contributed by atoms with van der Waals surface area (Å²) in [6.45, 7) is 2.31. The van der Waals surface area contributed by atoms with Crippen molar-refractivity contribution in [1.82, 2.24) is 14.8 Å². The highest BCUT2D eigenvalue weighted by Crippen LogP contribution is 2.64. The highest BCUT2D eigenvalue weighted by molar-refractivity contribution is 6.30. The number of nitrogens with zero attached hydrogens (tertiary/aromatic N) is 3. The van der Waals surface area contributed by atoms with E-state index in [1.165, 1.54) is 47.9 Å². The van der Waals surface area contributed by atoms with Gasteiger partial charge in [-0.05, 0) is 96.8 Å². The minimum absolute atomic E-state index is 0.0983. The van der Waals surface area contributed by atoms with Crippen LogP contribution in [0.15, 0.2) is 109 Å². The predicted octanol–water partition coefficient (Wildman–Crippen LogP) is 6.84. The molecule has 1 saturated carbocycles. The number of fused-ring (bicyclic) bond motifs is 4. The Morgan fingerprint density at radius 1 is 0.877 bits per heavy atom. The lowest BCUT2D eigenvalue weighted by atomic mass is 9.49. The molecule has 57 heavy (non-hydrogen) atoms. The molecular formula is C45H42ClFN4O6. The second kappa shape index (κ2) is 14.5. The molecule has 2 aliphatic carbocycles. The number of hydrazine groups is 1. The Morgan fingerprint density at radius 2 is 1.60 bits per heavy atom. The minimum atomic E-state index is -1.54. The standard InChI is InChI=1S/C45H42ClFN4O6/c1-57-38-23-27(7-18-37(38)52)40-33-16-17-34-39(43(55)50(41(34)53)32-19-21-49(22-20-32)25-26-5-3-2-4-6-26)35(33)24-36-42(54)51(48-31-14-12-30(47)13-15-31)44(56)45(36,40)28-8-10-29(46)11-9-28/h2-16,18,23,32,34-36,39-40,48,52H,17,19-22,24-25H2,1H3/t34-,35+,36-,39-,40-,45+/m0/s1. The van der Waals surface area contributed by atoms with Gasteiger partial charge >= 0.3 is 0 Å². The molecule has 3 saturated heterocycles. The van der Waals surface area contributed by atoms with Gasteiger partial charge in [-0.15, -0.1) is 0 Å². The zero-order valence-corrected chi connectivity index (χ0v) is 32.1. The first kappa shape index (κ1) is 37.1. The van der Waals surface area contributed by atoms with E-state index in [0.29, 0.717) is 41.1 Å². The first-order valence-electron chi connectivity index (χ1n) is 19.5. The number of likely N-dealkylation sites (tertiary alicyclic amines) is 2. The van der Waals surface area contributed by atoms with E-state index in [2.05, 4.69) is 22.5 Å². The number of benzene rings is 4. The number of phenolic OH excluding ortho intramolecular Hbond substituents is 1. The number of halogens is 2. The molecule has 0 radical (unpaired) electrons. The fraction of sp³-hybridized carbons (Fsp3) is 0.333. The average Bonchev–Trinajstić information content (AvgIpc) is 3.60. The van der Waals surface area contributed by atoms with Gasteiger partial charge in [0.15, 0.2) is 11.5 Å². The number of carbonyl (C=O) groups excluding carboxylic acids is 4. The molecule has 4 amide bonds. The lowest BCUT2D eigenvalue weighted by Crippen LogP contribution is -2.53. The molecule has 4 fully saturated rings. The van der Waals surface area contributed by atoms with E-state index < -0.39 is 52.6 Å². The summed E-state index contributed by atoms with van der Waals surface area (Å²) >= 11 is 6.40. The largest absolute Gasteiger partial charge is 0.504 e. The van der Waals surface area contributed by atoms with Crippen LogP contribution in [0, 0.1) is 29.5 Å². The quantitative estimate of drug-likeness (QED) is 0.147. The molecule has 0 bridgehead atoms. The summed E-state index contributed by atoms with van der Waals surface area (Å²) in [4.78, 5) is 63.3. The van der Waals surface area contributed by atoms with Crippen LogP contribution in [-0.4, -0.2) is 69.8 Å². The molecule has 0 unspecified atom stereocenters. The molecule has 0 spiro atoms. The number of anilines is 1. The zero-order valence-electron chi connectivity index (χ0n) is 31.3. The van der Waals surface area contributed by atoms with Gasteiger partial charge in [0.2, 0.25) is 11.8 Å². The Morgan fingerprint density at radius 3 is 2.30 bits per heavy atom. The van der Waals surface area contributed by atoms with Crippen LogP contribution in [0.4, 0.5) is 10.1 Å². The third kappa shape index (κ3) is 6.01. The van der Waals surface area contributed by atoms with E-state index in [9.17, 15) is 23.9 Å². The van der Waals surface area contributed by atoms with Gasteiger partial charge in [-0.1, -0.05) is 71.8 Å². The number of nitrogens with one attached hydrogen (secondary N) is 1. The molecule has 9 rings (SSSR count). The number of imide groups is 2. The Bertz CT molecular complexity index is 2280. The molecule has 2 N–H and O–H groups in total. The molecule has 12 heteroatoms. The number of hydrogen-bond acceptors (Lipinski definition) is 8. The third-order valence-corrected chi connectivity index (χ3v) is 13.3. The lowest BCUT2D eigenvalue weighted by molar-refractivity contribution is -0.144. The predicted molar refractivity (Wildman–Crippen MR) is 210 cm³/mol. The first-order valence-corrected chi connectivity index (χ1v) is 19.8. The average molecular weight is 789 g/mol. The van der Waals surface area contributed by atoms with Gasteiger partial charge in [0.05, 0.1) is 36.0 Å². The molecule has 292 valence electrons. The van der Waals surface area contributed by atoms with Gasteiger partial charge in [0.1, 0.15) is 5.82 Å². The smallest absolute Gasteiger partial charge is 0.260 e. The Kier molecular flexibility index (Phi) is 9.40. The summed E-state index contributed by atoms with van der Waals surface area (Å²) in [5, 5.41) is 12.2. The Hall–Kier alpha value is -5.52. The number of hydrogen-bond donors (Lipinski definition) is 2. The topological polar surface area (TPSA) is 119 Å². The van der Waals surface area contributed by atoms with Crippen LogP contribution in [0.25, 0.3) is 0 Å². The van der Waals surface area contributed by atoms with Crippen LogP contribution in [-0.2, 0) is 31.1 Å². The maximum Gasteiger partial charge on any atom is 0.260 e. The second-order valence-corrected chi connectivity index (χ2v) is 16.3. The number of carbonyl (C=O) groups is 4. The molecule has 0 aromatic heterocycles. The fourth-order valence-corrected chi connectivity index (χ4v) is 10.6. The van der Waals surface area contributed by atoms with Crippen molar-refractivity contribution in [3.63, 3.8) is 0 Å². The summed E-state index contributed by atoms with van der Waals surface area (Å²) in [6.07, 6.45) is 3.79. The van der Waals surface area contributed by atoms with Crippen LogP contribution in [0.5, 0.6) is 11.5 Å². The minimum Gasteiger partial charge on any atom is -0.504 e.